The van der Waals surface area contributed by atoms with Crippen LogP contribution >= 0.6 is 0 Å². The molecular formula is C12H15F3N2O. The maximum absolute atomic E-state index is 12.5. The zero-order valence-electron chi connectivity index (χ0n) is 10.3. The number of halogens is 3. The molecule has 0 aliphatic carbocycles. The van der Waals surface area contributed by atoms with Gasteiger partial charge in [-0.3, -0.25) is 4.79 Å². The predicted octanol–water partition coefficient (Wildman–Crippen LogP) is 3.09. The summed E-state index contributed by atoms with van der Waals surface area (Å²) in [5, 5.41) is 0. The lowest BCUT2D eigenvalue weighted by Gasteiger charge is -2.18. The maximum Gasteiger partial charge on any atom is 0.456 e. The Balaban J connectivity index is 2.52. The molecule has 0 fully saturated rings. The number of rotatable bonds is 2. The first kappa shape index (κ1) is 13.1. The fourth-order valence-corrected chi connectivity index (χ4v) is 2.33. The Hall–Kier alpha value is -1.33. The van der Waals surface area contributed by atoms with Gasteiger partial charge < -0.3 is 4.57 Å². The molecule has 1 aliphatic heterocycles. The van der Waals surface area contributed by atoms with E-state index in [1.54, 1.807) is 4.57 Å². The van der Waals surface area contributed by atoms with Crippen LogP contribution in [0.15, 0.2) is 0 Å². The highest BCUT2D eigenvalue weighted by atomic mass is 19.4. The second-order valence-electron chi connectivity index (χ2n) is 4.86. The standard InChI is InChI=1S/C12H15F3N2O/c1-7(2)11-16-9(10(18)12(13,14)15)8-5-3-4-6-17(8)11/h7H,3-6H2,1-2H3. The summed E-state index contributed by atoms with van der Waals surface area (Å²) in [5.74, 6) is -1.23. The van der Waals surface area contributed by atoms with Crippen LogP contribution in [-0.4, -0.2) is 21.5 Å². The van der Waals surface area contributed by atoms with E-state index in [0.717, 1.165) is 12.8 Å². The predicted molar refractivity (Wildman–Crippen MR) is 59.6 cm³/mol. The van der Waals surface area contributed by atoms with Gasteiger partial charge in [-0.15, -0.1) is 0 Å². The molecule has 0 unspecified atom stereocenters. The molecule has 18 heavy (non-hydrogen) atoms. The van der Waals surface area contributed by atoms with Crippen LogP contribution in [0.2, 0.25) is 0 Å². The molecule has 100 valence electrons. The second-order valence-corrected chi connectivity index (χ2v) is 4.86. The molecular weight excluding hydrogens is 245 g/mol. The van der Waals surface area contributed by atoms with Gasteiger partial charge in [0.2, 0.25) is 0 Å². The number of aromatic nitrogens is 2. The molecule has 0 atom stereocenters. The number of fused-ring (bicyclic) bond motifs is 1. The number of imidazole rings is 1. The summed E-state index contributed by atoms with van der Waals surface area (Å²) < 4.78 is 39.3. The minimum atomic E-state index is -4.85. The molecule has 1 aromatic rings. The van der Waals surface area contributed by atoms with Crippen molar-refractivity contribution in [3.8, 4) is 0 Å². The first-order valence-corrected chi connectivity index (χ1v) is 6.03. The van der Waals surface area contributed by atoms with E-state index in [2.05, 4.69) is 4.98 Å². The highest BCUT2D eigenvalue weighted by Gasteiger charge is 2.43. The van der Waals surface area contributed by atoms with Gasteiger partial charge in [-0.1, -0.05) is 13.8 Å². The van der Waals surface area contributed by atoms with Gasteiger partial charge in [0.25, 0.3) is 5.78 Å². The van der Waals surface area contributed by atoms with Crippen LogP contribution in [0.3, 0.4) is 0 Å². The molecule has 0 bridgehead atoms. The minimum Gasteiger partial charge on any atom is -0.331 e. The molecule has 0 amide bonds. The van der Waals surface area contributed by atoms with Crippen molar-refractivity contribution in [3.05, 3.63) is 17.2 Å². The van der Waals surface area contributed by atoms with E-state index in [1.165, 1.54) is 0 Å². The lowest BCUT2D eigenvalue weighted by Crippen LogP contribution is -2.25. The number of ketones is 1. The quantitative estimate of drug-likeness (QED) is 0.766. The Morgan fingerprint density at radius 1 is 1.33 bits per heavy atom. The molecule has 3 nitrogen and oxygen atoms in total. The number of hydrogen-bond donors (Lipinski definition) is 0. The van der Waals surface area contributed by atoms with Gasteiger partial charge in [-0.2, -0.15) is 13.2 Å². The zero-order chi connectivity index (χ0) is 13.5. The summed E-state index contributed by atoms with van der Waals surface area (Å²) in [6.45, 7) is 4.39. The maximum atomic E-state index is 12.5. The van der Waals surface area contributed by atoms with Crippen molar-refractivity contribution in [2.75, 3.05) is 0 Å². The molecule has 1 aliphatic rings. The number of Topliss-reactive ketones (excluding diaryl/α,β-unsaturated/α-hetero) is 1. The summed E-state index contributed by atoms with van der Waals surface area (Å²) in [4.78, 5) is 15.3. The average Bonchev–Trinajstić information content (AvgIpc) is 2.66. The van der Waals surface area contributed by atoms with Crippen molar-refractivity contribution in [3.63, 3.8) is 0 Å². The minimum absolute atomic E-state index is 0.0108. The topological polar surface area (TPSA) is 34.9 Å². The third-order valence-corrected chi connectivity index (χ3v) is 3.14. The normalized spacial score (nSPS) is 15.9. The Kier molecular flexibility index (Phi) is 3.21. The molecule has 2 heterocycles. The SMILES string of the molecule is CC(C)c1nc(C(=O)C(F)(F)F)c2n1CCCC2. The van der Waals surface area contributed by atoms with Gasteiger partial charge in [0.05, 0.1) is 0 Å². The first-order valence-electron chi connectivity index (χ1n) is 6.03. The summed E-state index contributed by atoms with van der Waals surface area (Å²) in [6.07, 6.45) is -2.62. The number of hydrogen-bond acceptors (Lipinski definition) is 2. The Bertz CT molecular complexity index is 474. The molecule has 0 N–H and O–H groups in total. The summed E-state index contributed by atoms with van der Waals surface area (Å²) in [6, 6.07) is 0. The molecule has 0 spiro atoms. The monoisotopic (exact) mass is 260 g/mol. The van der Waals surface area contributed by atoms with Gasteiger partial charge in [0.1, 0.15) is 11.5 Å². The molecule has 1 aromatic heterocycles. The van der Waals surface area contributed by atoms with Crippen molar-refractivity contribution in [1.82, 2.24) is 9.55 Å². The largest absolute Gasteiger partial charge is 0.456 e. The van der Waals surface area contributed by atoms with Crippen LogP contribution in [0.25, 0.3) is 0 Å². The third-order valence-electron chi connectivity index (χ3n) is 3.14. The van der Waals surface area contributed by atoms with Crippen molar-refractivity contribution < 1.29 is 18.0 Å². The lowest BCUT2D eigenvalue weighted by molar-refractivity contribution is -0.0888. The van der Waals surface area contributed by atoms with Crippen LogP contribution in [0.4, 0.5) is 13.2 Å². The molecule has 0 radical (unpaired) electrons. The first-order chi connectivity index (χ1) is 8.32. The summed E-state index contributed by atoms with van der Waals surface area (Å²) in [7, 11) is 0. The highest BCUT2D eigenvalue weighted by Crippen LogP contribution is 2.29. The number of carbonyl (C=O) groups excluding carboxylic acids is 1. The van der Waals surface area contributed by atoms with Crippen molar-refractivity contribution in [2.45, 2.75) is 51.7 Å². The Labute approximate surface area is 103 Å². The molecule has 6 heteroatoms. The van der Waals surface area contributed by atoms with Crippen LogP contribution in [0.5, 0.6) is 0 Å². The molecule has 0 saturated carbocycles. The van der Waals surface area contributed by atoms with Gasteiger partial charge in [0.15, 0.2) is 0 Å². The van der Waals surface area contributed by atoms with E-state index >= 15 is 0 Å². The molecule has 0 saturated heterocycles. The average molecular weight is 260 g/mol. The van der Waals surface area contributed by atoms with Gasteiger partial charge >= 0.3 is 6.18 Å². The van der Waals surface area contributed by atoms with Crippen LogP contribution in [0, 0.1) is 0 Å². The third kappa shape index (κ3) is 2.15. The fraction of sp³-hybridized carbons (Fsp3) is 0.667. The molecule has 0 aromatic carbocycles. The van der Waals surface area contributed by atoms with Gasteiger partial charge in [0, 0.05) is 18.2 Å². The fourth-order valence-electron chi connectivity index (χ4n) is 2.33. The van der Waals surface area contributed by atoms with E-state index in [4.69, 9.17) is 0 Å². The van der Waals surface area contributed by atoms with Crippen LogP contribution < -0.4 is 0 Å². The highest BCUT2D eigenvalue weighted by molar-refractivity contribution is 5.99. The molecule has 2 rings (SSSR count). The van der Waals surface area contributed by atoms with Crippen molar-refractivity contribution >= 4 is 5.78 Å². The van der Waals surface area contributed by atoms with Crippen LogP contribution in [0.1, 0.15) is 54.6 Å². The van der Waals surface area contributed by atoms with E-state index in [9.17, 15) is 18.0 Å². The van der Waals surface area contributed by atoms with E-state index in [0.29, 0.717) is 24.5 Å². The zero-order valence-corrected chi connectivity index (χ0v) is 10.3. The van der Waals surface area contributed by atoms with E-state index < -0.39 is 17.7 Å². The van der Waals surface area contributed by atoms with E-state index in [-0.39, 0.29) is 5.92 Å². The Morgan fingerprint density at radius 2 is 2.00 bits per heavy atom. The van der Waals surface area contributed by atoms with Gasteiger partial charge in [-0.25, -0.2) is 4.98 Å². The van der Waals surface area contributed by atoms with Gasteiger partial charge in [-0.05, 0) is 19.3 Å². The lowest BCUT2D eigenvalue weighted by atomic mass is 10.1. The van der Waals surface area contributed by atoms with Crippen molar-refractivity contribution in [2.24, 2.45) is 0 Å². The summed E-state index contributed by atoms with van der Waals surface area (Å²) >= 11 is 0. The smallest absolute Gasteiger partial charge is 0.331 e. The Morgan fingerprint density at radius 3 is 2.56 bits per heavy atom. The second kappa shape index (κ2) is 4.40. The van der Waals surface area contributed by atoms with Crippen molar-refractivity contribution in [1.29, 1.82) is 0 Å². The van der Waals surface area contributed by atoms with Crippen LogP contribution in [-0.2, 0) is 13.0 Å². The number of alkyl halides is 3. The summed E-state index contributed by atoms with van der Waals surface area (Å²) in [5.41, 5.74) is 0.0539. The van der Waals surface area contributed by atoms with E-state index in [1.807, 2.05) is 13.8 Å². The number of nitrogens with zero attached hydrogens (tertiary/aromatic N) is 2. The number of carbonyl (C=O) groups is 1.